The molecule has 1 aliphatic heterocycles. The van der Waals surface area contributed by atoms with E-state index in [2.05, 4.69) is 10.2 Å². The van der Waals surface area contributed by atoms with Gasteiger partial charge in [-0.25, -0.2) is 0 Å². The van der Waals surface area contributed by atoms with Crippen LogP contribution in [0.25, 0.3) is 16.9 Å². The van der Waals surface area contributed by atoms with Gasteiger partial charge in [-0.05, 0) is 36.4 Å². The highest BCUT2D eigenvalue weighted by Gasteiger charge is 2.27. The number of phenolic OH excluding ortho intramolecular Hbond substituents is 2. The molecule has 3 heterocycles. The maximum Gasteiger partial charge on any atom is 0.254 e. The Morgan fingerprint density at radius 1 is 1.06 bits per heavy atom. The van der Waals surface area contributed by atoms with E-state index >= 15 is 0 Å². The third-order valence-corrected chi connectivity index (χ3v) is 5.84. The minimum absolute atomic E-state index is 0.0697. The monoisotopic (exact) mass is 434 g/mol. The molecule has 2 aromatic carbocycles. The Kier molecular flexibility index (Phi) is 4.67. The van der Waals surface area contributed by atoms with Crippen LogP contribution in [0.15, 0.2) is 60.9 Å². The Balaban J connectivity index is 1.45. The van der Waals surface area contributed by atoms with Gasteiger partial charge in [0.05, 0.1) is 5.02 Å². The van der Waals surface area contributed by atoms with Crippen LogP contribution in [0.4, 0.5) is 0 Å². The van der Waals surface area contributed by atoms with Crippen molar-refractivity contribution in [3.8, 4) is 28.4 Å². The molecule has 0 unspecified atom stereocenters. The van der Waals surface area contributed by atoms with Crippen LogP contribution >= 0.6 is 11.6 Å². The Morgan fingerprint density at radius 3 is 2.68 bits per heavy atom. The number of H-pyrrole nitrogens is 1. The summed E-state index contributed by atoms with van der Waals surface area (Å²) < 4.78 is 1.95. The Bertz CT molecular complexity index is 1280. The van der Waals surface area contributed by atoms with Gasteiger partial charge in [0, 0.05) is 66.0 Å². The number of carbonyl (C=O) groups excluding carboxylic acids is 1. The summed E-state index contributed by atoms with van der Waals surface area (Å²) in [4.78, 5) is 15.0. The number of hydrogen-bond donors (Lipinski definition) is 3. The zero-order valence-electron chi connectivity index (χ0n) is 16.4. The summed E-state index contributed by atoms with van der Waals surface area (Å²) in [6.45, 7) is 0.912. The van der Waals surface area contributed by atoms with Crippen molar-refractivity contribution in [3.05, 3.63) is 82.8 Å². The highest BCUT2D eigenvalue weighted by molar-refractivity contribution is 6.32. The van der Waals surface area contributed by atoms with Gasteiger partial charge in [0.2, 0.25) is 0 Å². The van der Waals surface area contributed by atoms with E-state index in [1.807, 2.05) is 53.4 Å². The number of amides is 1. The summed E-state index contributed by atoms with van der Waals surface area (Å²) in [5.74, 6) is -0.398. The number of benzene rings is 2. The van der Waals surface area contributed by atoms with Crippen molar-refractivity contribution < 1.29 is 15.0 Å². The second-order valence-corrected chi connectivity index (χ2v) is 7.87. The molecule has 31 heavy (non-hydrogen) atoms. The second kappa shape index (κ2) is 7.52. The van der Waals surface area contributed by atoms with Crippen LogP contribution in [-0.4, -0.2) is 42.3 Å². The number of aromatic hydroxyl groups is 2. The zero-order valence-corrected chi connectivity index (χ0v) is 17.2. The van der Waals surface area contributed by atoms with Gasteiger partial charge in [-0.3, -0.25) is 9.89 Å². The van der Waals surface area contributed by atoms with Crippen molar-refractivity contribution in [2.45, 2.75) is 13.0 Å². The summed E-state index contributed by atoms with van der Waals surface area (Å²) >= 11 is 6.04. The second-order valence-electron chi connectivity index (χ2n) is 7.47. The molecule has 0 bridgehead atoms. The predicted molar refractivity (Wildman–Crippen MR) is 117 cm³/mol. The van der Waals surface area contributed by atoms with E-state index in [1.54, 1.807) is 4.90 Å². The van der Waals surface area contributed by atoms with Crippen molar-refractivity contribution in [2.24, 2.45) is 0 Å². The van der Waals surface area contributed by atoms with Crippen molar-refractivity contribution >= 4 is 17.5 Å². The standard InChI is InChI=1S/C23H19ClN4O3/c24-18-11-16(20(29)12-21(18)30)22-17-13-28(9-6-19(17)25-26-22)23(31)14-4-3-5-15(10-14)27-7-1-2-8-27/h1-5,7-8,10-12,29-30H,6,9,13H2,(H,25,26). The lowest BCUT2D eigenvalue weighted by molar-refractivity contribution is 0.0734. The van der Waals surface area contributed by atoms with Crippen LogP contribution in [0.2, 0.25) is 5.02 Å². The van der Waals surface area contributed by atoms with Crippen LogP contribution in [0.5, 0.6) is 11.5 Å². The number of fused-ring (bicyclic) bond motifs is 1. The molecule has 0 spiro atoms. The molecule has 5 rings (SSSR count). The Hall–Kier alpha value is -3.71. The van der Waals surface area contributed by atoms with Crippen molar-refractivity contribution in [3.63, 3.8) is 0 Å². The molecule has 1 amide bonds. The fraction of sp³-hybridized carbons (Fsp3) is 0.130. The fourth-order valence-corrected chi connectivity index (χ4v) is 4.08. The third kappa shape index (κ3) is 3.43. The van der Waals surface area contributed by atoms with Gasteiger partial charge in [0.15, 0.2) is 0 Å². The average molecular weight is 435 g/mol. The summed E-state index contributed by atoms with van der Waals surface area (Å²) in [6, 6.07) is 14.1. The van der Waals surface area contributed by atoms with Gasteiger partial charge in [-0.2, -0.15) is 5.10 Å². The van der Waals surface area contributed by atoms with Gasteiger partial charge in [0.25, 0.3) is 5.91 Å². The van der Waals surface area contributed by atoms with Crippen molar-refractivity contribution in [2.75, 3.05) is 6.54 Å². The van der Waals surface area contributed by atoms with Crippen LogP contribution in [0.1, 0.15) is 21.6 Å². The molecule has 0 radical (unpaired) electrons. The lowest BCUT2D eigenvalue weighted by Crippen LogP contribution is -2.36. The molecule has 2 aromatic heterocycles. The van der Waals surface area contributed by atoms with E-state index in [4.69, 9.17) is 11.6 Å². The molecule has 3 N–H and O–H groups in total. The highest BCUT2D eigenvalue weighted by atomic mass is 35.5. The first kappa shape index (κ1) is 19.3. The van der Waals surface area contributed by atoms with Crippen molar-refractivity contribution in [1.82, 2.24) is 19.7 Å². The minimum Gasteiger partial charge on any atom is -0.507 e. The molecule has 0 saturated carbocycles. The smallest absolute Gasteiger partial charge is 0.254 e. The van der Waals surface area contributed by atoms with Gasteiger partial charge in [0.1, 0.15) is 17.2 Å². The normalized spacial score (nSPS) is 13.3. The van der Waals surface area contributed by atoms with E-state index in [0.29, 0.717) is 36.3 Å². The molecular formula is C23H19ClN4O3. The minimum atomic E-state index is -0.202. The molecule has 8 heteroatoms. The number of rotatable bonds is 3. The van der Waals surface area contributed by atoms with Gasteiger partial charge in [-0.15, -0.1) is 0 Å². The molecule has 4 aromatic rings. The molecule has 0 saturated heterocycles. The zero-order chi connectivity index (χ0) is 21.5. The first-order valence-electron chi connectivity index (χ1n) is 9.82. The molecule has 0 fully saturated rings. The average Bonchev–Trinajstić information content (AvgIpc) is 3.46. The van der Waals surface area contributed by atoms with Gasteiger partial charge < -0.3 is 19.7 Å². The van der Waals surface area contributed by atoms with Crippen LogP contribution in [0, 0.1) is 0 Å². The maximum atomic E-state index is 13.2. The summed E-state index contributed by atoms with van der Waals surface area (Å²) in [6.07, 6.45) is 4.49. The van der Waals surface area contributed by atoms with E-state index in [1.165, 1.54) is 12.1 Å². The van der Waals surface area contributed by atoms with E-state index in [9.17, 15) is 15.0 Å². The number of phenols is 2. The molecule has 0 aliphatic carbocycles. The van der Waals surface area contributed by atoms with E-state index < -0.39 is 0 Å². The van der Waals surface area contributed by atoms with Crippen LogP contribution in [-0.2, 0) is 13.0 Å². The Morgan fingerprint density at radius 2 is 1.87 bits per heavy atom. The molecule has 0 atom stereocenters. The SMILES string of the molecule is O=C(c1cccc(-n2cccc2)c1)N1CCc2[nH]nc(-c3cc(Cl)c(O)cc3O)c2C1. The number of aromatic nitrogens is 3. The van der Waals surface area contributed by atoms with Gasteiger partial charge in [-0.1, -0.05) is 17.7 Å². The number of nitrogens with zero attached hydrogens (tertiary/aromatic N) is 3. The number of aromatic amines is 1. The molecule has 7 nitrogen and oxygen atoms in total. The maximum absolute atomic E-state index is 13.2. The highest BCUT2D eigenvalue weighted by Crippen LogP contribution is 2.39. The first-order chi connectivity index (χ1) is 15.0. The number of hydrogen-bond acceptors (Lipinski definition) is 4. The fourth-order valence-electron chi connectivity index (χ4n) is 3.92. The van der Waals surface area contributed by atoms with Crippen molar-refractivity contribution in [1.29, 1.82) is 0 Å². The number of halogens is 1. The summed E-state index contributed by atoms with van der Waals surface area (Å²) in [5.41, 5.74) is 4.20. The topological polar surface area (TPSA) is 94.4 Å². The quantitative estimate of drug-likeness (QED) is 0.452. The first-order valence-corrected chi connectivity index (χ1v) is 10.2. The van der Waals surface area contributed by atoms with E-state index in [0.717, 1.165) is 16.9 Å². The lowest BCUT2D eigenvalue weighted by atomic mass is 9.99. The molecular weight excluding hydrogens is 416 g/mol. The lowest BCUT2D eigenvalue weighted by Gasteiger charge is -2.27. The summed E-state index contributed by atoms with van der Waals surface area (Å²) in [5, 5.41) is 27.5. The van der Waals surface area contributed by atoms with Crippen LogP contribution < -0.4 is 0 Å². The number of carbonyl (C=O) groups is 1. The van der Waals surface area contributed by atoms with Crippen LogP contribution in [0.3, 0.4) is 0 Å². The molecule has 156 valence electrons. The van der Waals surface area contributed by atoms with E-state index in [-0.39, 0.29) is 22.4 Å². The molecule has 1 aliphatic rings. The third-order valence-electron chi connectivity index (χ3n) is 5.54. The largest absolute Gasteiger partial charge is 0.507 e. The number of nitrogens with one attached hydrogen (secondary N) is 1. The predicted octanol–water partition coefficient (Wildman–Crippen LogP) is 4.13. The van der Waals surface area contributed by atoms with Gasteiger partial charge >= 0.3 is 0 Å². The summed E-state index contributed by atoms with van der Waals surface area (Å²) in [7, 11) is 0. The Labute approximate surface area is 183 Å².